The van der Waals surface area contributed by atoms with Crippen LogP contribution in [-0.4, -0.2) is 82.8 Å². The van der Waals surface area contributed by atoms with Crippen LogP contribution >= 0.6 is 0 Å². The molecular weight excluding hydrogens is 1000 g/mol. The number of phenolic OH excluding ortho intramolecular Hbond substituents is 2. The molecule has 6 aromatic carbocycles. The van der Waals surface area contributed by atoms with Gasteiger partial charge in [-0.05, 0) is 119 Å². The summed E-state index contributed by atoms with van der Waals surface area (Å²) in [7, 11) is 3.12. The van der Waals surface area contributed by atoms with Gasteiger partial charge in [0.25, 0.3) is 0 Å². The molecule has 4 atom stereocenters. The third-order valence-electron chi connectivity index (χ3n) is 12.2. The highest BCUT2D eigenvalue weighted by Crippen LogP contribution is 2.32. The van der Waals surface area contributed by atoms with Gasteiger partial charge in [-0.25, -0.2) is 19.2 Å². The Bertz CT molecular complexity index is 2910. The van der Waals surface area contributed by atoms with Crippen molar-refractivity contribution in [1.82, 2.24) is 10.6 Å². The number of nitrogens with one attached hydrogen (secondary N) is 2. The monoisotopic (exact) mass is 1070 g/mol. The van der Waals surface area contributed by atoms with E-state index >= 15 is 0 Å². The zero-order valence-electron chi connectivity index (χ0n) is 44.3. The first-order chi connectivity index (χ1) is 37.3. The molecule has 0 fully saturated rings. The molecular formula is C60H66N2O16. The lowest BCUT2D eigenvalue weighted by molar-refractivity contribution is -0.142. The Morgan fingerprint density at radius 3 is 1.19 bits per heavy atom. The van der Waals surface area contributed by atoms with Gasteiger partial charge in [-0.2, -0.15) is 0 Å². The molecule has 0 saturated heterocycles. The maximum Gasteiger partial charge on any atom is 0.408 e. The molecule has 18 nitrogen and oxygen atoms in total. The van der Waals surface area contributed by atoms with Gasteiger partial charge in [0.15, 0.2) is 23.0 Å². The molecule has 0 bridgehead atoms. The van der Waals surface area contributed by atoms with Crippen molar-refractivity contribution < 1.29 is 77.6 Å². The highest BCUT2D eigenvalue weighted by molar-refractivity contribution is 5.86. The van der Waals surface area contributed by atoms with Crippen molar-refractivity contribution in [2.75, 3.05) is 14.2 Å². The van der Waals surface area contributed by atoms with E-state index in [9.17, 15) is 49.2 Å². The normalized spacial score (nSPS) is 12.3. The number of aromatic hydroxyl groups is 2. The van der Waals surface area contributed by atoms with E-state index in [1.165, 1.54) is 31.4 Å². The quantitative estimate of drug-likeness (QED) is 0.0187. The average molecular weight is 1070 g/mol. The van der Waals surface area contributed by atoms with Gasteiger partial charge in [-0.15, -0.1) is 0 Å². The Labute approximate surface area is 452 Å². The van der Waals surface area contributed by atoms with Gasteiger partial charge >= 0.3 is 36.1 Å². The van der Waals surface area contributed by atoms with Gasteiger partial charge in [0.05, 0.1) is 26.1 Å². The van der Waals surface area contributed by atoms with Crippen molar-refractivity contribution in [2.45, 2.75) is 78.7 Å². The van der Waals surface area contributed by atoms with E-state index in [4.69, 9.17) is 28.4 Å². The number of benzene rings is 6. The summed E-state index contributed by atoms with van der Waals surface area (Å²) in [6, 6.07) is 38.7. The van der Waals surface area contributed by atoms with Crippen LogP contribution in [0.3, 0.4) is 0 Å². The Morgan fingerprint density at radius 1 is 0.436 bits per heavy atom. The Balaban J connectivity index is 0.000000423. The van der Waals surface area contributed by atoms with Crippen LogP contribution in [0.15, 0.2) is 146 Å². The fourth-order valence-electron chi connectivity index (χ4n) is 7.82. The SMILES string of the molecule is COc1ccc(CC(Cc2ccc(O)c(O)c2)C(=O)O)cc1.COc1ccc(CC(Cc2ccc(OC(=O)[C@@H](NC(=O)OCc3ccccc3)C(C)C)c(OC(=O)[C@@H](NC(=O)OCc3ccccc3)C(C)C)c2)C(=O)O)cc1. The number of methoxy groups -OCH3 is 2. The molecule has 412 valence electrons. The van der Waals surface area contributed by atoms with Gasteiger partial charge < -0.3 is 59.5 Å². The number of amides is 2. The summed E-state index contributed by atoms with van der Waals surface area (Å²) in [5, 5.41) is 43.4. The zero-order valence-corrected chi connectivity index (χ0v) is 44.3. The molecule has 0 saturated carbocycles. The van der Waals surface area contributed by atoms with E-state index in [0.29, 0.717) is 23.3 Å². The van der Waals surface area contributed by atoms with Crippen molar-refractivity contribution in [3.8, 4) is 34.5 Å². The first kappa shape index (κ1) is 59.8. The van der Waals surface area contributed by atoms with Crippen LogP contribution < -0.4 is 29.6 Å². The van der Waals surface area contributed by atoms with Crippen molar-refractivity contribution in [3.63, 3.8) is 0 Å². The zero-order chi connectivity index (χ0) is 56.7. The van der Waals surface area contributed by atoms with E-state index < -0.39 is 71.8 Å². The molecule has 2 amide bonds. The molecule has 0 heterocycles. The topological polar surface area (TPSA) is 263 Å². The lowest BCUT2D eigenvalue weighted by Gasteiger charge is -2.23. The lowest BCUT2D eigenvalue weighted by atomic mass is 9.92. The number of hydrogen-bond donors (Lipinski definition) is 6. The van der Waals surface area contributed by atoms with Crippen LogP contribution in [0.25, 0.3) is 0 Å². The van der Waals surface area contributed by atoms with E-state index in [1.807, 2.05) is 24.3 Å². The second-order valence-corrected chi connectivity index (χ2v) is 18.9. The predicted octanol–water partition coefficient (Wildman–Crippen LogP) is 9.49. The molecule has 6 N–H and O–H groups in total. The number of alkyl carbamates (subject to hydrolysis) is 2. The summed E-state index contributed by atoms with van der Waals surface area (Å²) in [6.07, 6.45) is -0.819. The van der Waals surface area contributed by atoms with Gasteiger partial charge in [0, 0.05) is 0 Å². The minimum Gasteiger partial charge on any atom is -0.504 e. The van der Waals surface area contributed by atoms with Crippen LogP contribution in [-0.2, 0) is 67.5 Å². The molecule has 2 unspecified atom stereocenters. The molecule has 18 heteroatoms. The second kappa shape index (κ2) is 29.9. The van der Waals surface area contributed by atoms with Gasteiger partial charge in [-0.3, -0.25) is 9.59 Å². The van der Waals surface area contributed by atoms with Crippen molar-refractivity contribution in [3.05, 3.63) is 179 Å². The summed E-state index contributed by atoms with van der Waals surface area (Å²) >= 11 is 0. The fraction of sp³-hybridized carbons (Fsp3) is 0.300. The van der Waals surface area contributed by atoms with Gasteiger partial charge in [0.1, 0.15) is 36.8 Å². The second-order valence-electron chi connectivity index (χ2n) is 18.9. The lowest BCUT2D eigenvalue weighted by Crippen LogP contribution is -2.47. The first-order valence-electron chi connectivity index (χ1n) is 25.0. The van der Waals surface area contributed by atoms with Gasteiger partial charge in [-0.1, -0.05) is 125 Å². The molecule has 0 aliphatic rings. The van der Waals surface area contributed by atoms with Crippen molar-refractivity contribution in [2.24, 2.45) is 23.7 Å². The number of hydrogen-bond acceptors (Lipinski definition) is 14. The molecule has 6 rings (SSSR count). The van der Waals surface area contributed by atoms with E-state index in [-0.39, 0.29) is 55.5 Å². The first-order valence-corrected chi connectivity index (χ1v) is 25.0. The smallest absolute Gasteiger partial charge is 0.408 e. The van der Waals surface area contributed by atoms with Crippen molar-refractivity contribution >= 4 is 36.1 Å². The maximum atomic E-state index is 13.7. The average Bonchev–Trinajstić information content (AvgIpc) is 3.44. The number of carbonyl (C=O) groups is 6. The highest BCUT2D eigenvalue weighted by atomic mass is 16.6. The molecule has 6 aromatic rings. The van der Waals surface area contributed by atoms with E-state index in [1.54, 1.807) is 132 Å². The molecule has 0 aliphatic carbocycles. The summed E-state index contributed by atoms with van der Waals surface area (Å²) < 4.78 is 32.5. The Morgan fingerprint density at radius 2 is 0.808 bits per heavy atom. The van der Waals surface area contributed by atoms with Crippen LogP contribution in [0.1, 0.15) is 61.1 Å². The Kier molecular flexibility index (Phi) is 22.9. The number of carboxylic acids is 2. The van der Waals surface area contributed by atoms with Crippen LogP contribution in [0.5, 0.6) is 34.5 Å². The number of esters is 2. The molecule has 0 aliphatic heterocycles. The summed E-state index contributed by atoms with van der Waals surface area (Å²) in [5.41, 5.74) is 4.31. The van der Waals surface area contributed by atoms with Crippen LogP contribution in [0.2, 0.25) is 0 Å². The fourth-order valence-corrected chi connectivity index (χ4v) is 7.82. The minimum atomic E-state index is -1.18. The number of ether oxygens (including phenoxy) is 6. The number of carbonyl (C=O) groups excluding carboxylic acids is 4. The third kappa shape index (κ3) is 19.3. The molecule has 0 radical (unpaired) electrons. The number of phenols is 2. The molecule has 0 aromatic heterocycles. The van der Waals surface area contributed by atoms with Crippen LogP contribution in [0.4, 0.5) is 9.59 Å². The maximum absolute atomic E-state index is 13.7. The number of aliphatic carboxylic acids is 2. The summed E-state index contributed by atoms with van der Waals surface area (Å²) in [5.74, 6) is -5.57. The van der Waals surface area contributed by atoms with Gasteiger partial charge in [0.2, 0.25) is 0 Å². The highest BCUT2D eigenvalue weighted by Gasteiger charge is 2.31. The van der Waals surface area contributed by atoms with Crippen molar-refractivity contribution in [1.29, 1.82) is 0 Å². The number of rotatable bonds is 24. The largest absolute Gasteiger partial charge is 0.504 e. The Hall–Kier alpha value is -9.06. The minimum absolute atomic E-state index is 0.0191. The predicted molar refractivity (Wildman–Crippen MR) is 287 cm³/mol. The van der Waals surface area contributed by atoms with E-state index in [0.717, 1.165) is 28.0 Å². The number of carboxylic acid groups (broad SMARTS) is 2. The molecule has 0 spiro atoms. The van der Waals surface area contributed by atoms with Crippen LogP contribution in [0, 0.1) is 23.7 Å². The standard InChI is InChI=1S/C43H48N2O11.C17H18O5/c1-27(2)37(44-42(50)53-25-30-12-8-6-9-13-30)40(48)55-35-21-18-32(23-33(39(46)47)22-29-16-19-34(52-5)20-17-29)24-36(35)56-41(49)38(28(3)4)45-43(51)54-26-31-14-10-7-11-15-31;1-22-14-5-2-11(3-6-14)8-13(17(20)21)9-12-4-7-15(18)16(19)10-12/h6-21,24,27-28,33,37-38H,22-23,25-26H2,1-5H3,(H,44,50)(H,45,51)(H,46,47);2-7,10,13,18-19H,8-9H2,1H3,(H,20,21)/t33?,37-,38-;/m0./s1. The molecule has 78 heavy (non-hydrogen) atoms. The summed E-state index contributed by atoms with van der Waals surface area (Å²) in [4.78, 5) is 76.6. The summed E-state index contributed by atoms with van der Waals surface area (Å²) in [6.45, 7) is 6.77. The van der Waals surface area contributed by atoms with E-state index in [2.05, 4.69) is 10.6 Å². The third-order valence-corrected chi connectivity index (χ3v) is 12.2.